The molecular weight excluding hydrogens is 200 g/mol. The quantitative estimate of drug-likeness (QED) is 0.811. The summed E-state index contributed by atoms with van der Waals surface area (Å²) in [5, 5.41) is 10.9. The molecule has 1 aromatic carbocycles. The zero-order valence-corrected chi connectivity index (χ0v) is 9.36. The Morgan fingerprint density at radius 3 is 2.81 bits per heavy atom. The topological polar surface area (TPSA) is 49.6 Å². The van der Waals surface area contributed by atoms with E-state index in [9.17, 15) is 0 Å². The standard InChI is InChI=1S/C13H16N2O/c14-8-11-3-5-12(6-4-11)9-15-10-13-2-1-7-16-13/h3-6,13,15H,1-2,7,9-10H2/p+1/t13-/m0/s1. The maximum atomic E-state index is 8.67. The molecule has 3 nitrogen and oxygen atoms in total. The number of hydrogen-bond donors (Lipinski definition) is 1. The minimum atomic E-state index is 0.443. The van der Waals surface area contributed by atoms with Crippen molar-refractivity contribution < 1.29 is 10.1 Å². The molecule has 1 fully saturated rings. The van der Waals surface area contributed by atoms with Crippen LogP contribution in [0.15, 0.2) is 24.3 Å². The van der Waals surface area contributed by atoms with E-state index >= 15 is 0 Å². The van der Waals surface area contributed by atoms with Crippen molar-refractivity contribution in [2.24, 2.45) is 0 Å². The Labute approximate surface area is 96.0 Å². The molecule has 1 atom stereocenters. The lowest BCUT2D eigenvalue weighted by molar-refractivity contribution is -0.676. The SMILES string of the molecule is N#Cc1ccc(C[NH2+]C[C@@H]2CCCO2)cc1. The maximum Gasteiger partial charge on any atom is 0.106 e. The lowest BCUT2D eigenvalue weighted by Gasteiger charge is -2.07. The number of nitrogens with two attached hydrogens (primary N) is 1. The molecule has 1 aliphatic rings. The van der Waals surface area contributed by atoms with Crippen molar-refractivity contribution in [1.29, 1.82) is 5.26 Å². The lowest BCUT2D eigenvalue weighted by atomic mass is 10.1. The summed E-state index contributed by atoms with van der Waals surface area (Å²) < 4.78 is 5.55. The number of nitrogens with zero attached hydrogens (tertiary/aromatic N) is 1. The van der Waals surface area contributed by atoms with Gasteiger partial charge in [0.2, 0.25) is 0 Å². The molecule has 0 amide bonds. The first kappa shape index (κ1) is 11.1. The summed E-state index contributed by atoms with van der Waals surface area (Å²) in [4.78, 5) is 0. The van der Waals surface area contributed by atoms with E-state index in [1.807, 2.05) is 24.3 Å². The van der Waals surface area contributed by atoms with Crippen molar-refractivity contribution in [2.75, 3.05) is 13.2 Å². The molecule has 1 heterocycles. The Morgan fingerprint density at radius 2 is 2.19 bits per heavy atom. The average Bonchev–Trinajstić information content (AvgIpc) is 2.83. The Hall–Kier alpha value is -1.37. The summed E-state index contributed by atoms with van der Waals surface area (Å²) in [5.41, 5.74) is 1.99. The van der Waals surface area contributed by atoms with Crippen LogP contribution in [0.25, 0.3) is 0 Å². The molecule has 3 heteroatoms. The van der Waals surface area contributed by atoms with Gasteiger partial charge in [-0.2, -0.15) is 5.26 Å². The molecule has 2 N–H and O–H groups in total. The number of quaternary nitrogens is 1. The van der Waals surface area contributed by atoms with E-state index < -0.39 is 0 Å². The van der Waals surface area contributed by atoms with Gasteiger partial charge in [-0.05, 0) is 25.0 Å². The summed E-state index contributed by atoms with van der Waals surface area (Å²) >= 11 is 0. The number of ether oxygens (including phenoxy) is 1. The third kappa shape index (κ3) is 3.06. The highest BCUT2D eigenvalue weighted by Crippen LogP contribution is 2.09. The fourth-order valence-electron chi connectivity index (χ4n) is 1.98. The predicted octanol–water partition coefficient (Wildman–Crippen LogP) is 0.801. The molecule has 84 valence electrons. The Kier molecular flexibility index (Phi) is 3.92. The molecule has 0 spiro atoms. The van der Waals surface area contributed by atoms with Crippen LogP contribution in [0.5, 0.6) is 0 Å². The second-order valence-electron chi connectivity index (χ2n) is 4.17. The summed E-state index contributed by atoms with van der Waals surface area (Å²) in [6.07, 6.45) is 2.84. The number of hydrogen-bond acceptors (Lipinski definition) is 2. The predicted molar refractivity (Wildman–Crippen MR) is 60.6 cm³/mol. The first-order valence-electron chi connectivity index (χ1n) is 5.81. The highest BCUT2D eigenvalue weighted by molar-refractivity contribution is 5.31. The number of nitriles is 1. The summed E-state index contributed by atoms with van der Waals surface area (Å²) in [5.74, 6) is 0. The summed E-state index contributed by atoms with van der Waals surface area (Å²) in [6, 6.07) is 9.90. The largest absolute Gasteiger partial charge is 0.372 e. The molecule has 1 aliphatic heterocycles. The molecule has 0 unspecified atom stereocenters. The minimum Gasteiger partial charge on any atom is -0.372 e. The van der Waals surface area contributed by atoms with Gasteiger partial charge in [0, 0.05) is 12.2 Å². The van der Waals surface area contributed by atoms with Crippen LogP contribution >= 0.6 is 0 Å². The van der Waals surface area contributed by atoms with Crippen LogP contribution in [0, 0.1) is 11.3 Å². The fraction of sp³-hybridized carbons (Fsp3) is 0.462. The van der Waals surface area contributed by atoms with Crippen LogP contribution in [0.1, 0.15) is 24.0 Å². The van der Waals surface area contributed by atoms with Crippen LogP contribution in [-0.4, -0.2) is 19.3 Å². The van der Waals surface area contributed by atoms with Gasteiger partial charge in [-0.3, -0.25) is 0 Å². The van der Waals surface area contributed by atoms with Crippen molar-refractivity contribution in [3.05, 3.63) is 35.4 Å². The van der Waals surface area contributed by atoms with Gasteiger partial charge in [0.25, 0.3) is 0 Å². The summed E-state index contributed by atoms with van der Waals surface area (Å²) in [6.45, 7) is 2.93. The van der Waals surface area contributed by atoms with Gasteiger partial charge in [0.05, 0.1) is 11.6 Å². The molecule has 0 aliphatic carbocycles. The van der Waals surface area contributed by atoms with Crippen molar-refractivity contribution in [1.82, 2.24) is 0 Å². The molecule has 0 saturated carbocycles. The average molecular weight is 217 g/mol. The highest BCUT2D eigenvalue weighted by atomic mass is 16.5. The van der Waals surface area contributed by atoms with E-state index in [-0.39, 0.29) is 0 Å². The van der Waals surface area contributed by atoms with E-state index in [0.717, 1.165) is 25.3 Å². The Balaban J connectivity index is 1.74. The van der Waals surface area contributed by atoms with E-state index in [2.05, 4.69) is 11.4 Å². The smallest absolute Gasteiger partial charge is 0.106 e. The number of benzene rings is 1. The van der Waals surface area contributed by atoms with Gasteiger partial charge >= 0.3 is 0 Å². The lowest BCUT2D eigenvalue weighted by Crippen LogP contribution is -2.84. The van der Waals surface area contributed by atoms with Crippen LogP contribution in [0.2, 0.25) is 0 Å². The highest BCUT2D eigenvalue weighted by Gasteiger charge is 2.16. The molecule has 0 bridgehead atoms. The van der Waals surface area contributed by atoms with Crippen molar-refractivity contribution in [2.45, 2.75) is 25.5 Å². The van der Waals surface area contributed by atoms with Crippen molar-refractivity contribution >= 4 is 0 Å². The van der Waals surface area contributed by atoms with Crippen LogP contribution in [-0.2, 0) is 11.3 Å². The normalized spacial score (nSPS) is 19.6. The molecule has 1 saturated heterocycles. The third-order valence-electron chi connectivity index (χ3n) is 2.92. The van der Waals surface area contributed by atoms with Gasteiger partial charge in [0.1, 0.15) is 19.2 Å². The van der Waals surface area contributed by atoms with Gasteiger partial charge in [0.15, 0.2) is 0 Å². The van der Waals surface area contributed by atoms with E-state index in [1.165, 1.54) is 18.4 Å². The number of rotatable bonds is 4. The Bertz CT molecular complexity index is 361. The van der Waals surface area contributed by atoms with Gasteiger partial charge in [-0.15, -0.1) is 0 Å². The van der Waals surface area contributed by atoms with Crippen molar-refractivity contribution in [3.63, 3.8) is 0 Å². The molecule has 0 radical (unpaired) electrons. The zero-order valence-electron chi connectivity index (χ0n) is 9.36. The first-order valence-corrected chi connectivity index (χ1v) is 5.81. The fourth-order valence-corrected chi connectivity index (χ4v) is 1.98. The molecular formula is C13H17N2O+. The van der Waals surface area contributed by atoms with E-state index in [0.29, 0.717) is 6.10 Å². The van der Waals surface area contributed by atoms with Crippen LogP contribution in [0.4, 0.5) is 0 Å². The Morgan fingerprint density at radius 1 is 1.38 bits per heavy atom. The molecule has 1 aromatic rings. The van der Waals surface area contributed by atoms with Gasteiger partial charge < -0.3 is 10.1 Å². The van der Waals surface area contributed by atoms with Gasteiger partial charge in [-0.25, -0.2) is 0 Å². The molecule has 2 rings (SSSR count). The third-order valence-corrected chi connectivity index (χ3v) is 2.92. The maximum absolute atomic E-state index is 8.67. The van der Waals surface area contributed by atoms with E-state index in [1.54, 1.807) is 0 Å². The second kappa shape index (κ2) is 5.64. The van der Waals surface area contributed by atoms with Crippen molar-refractivity contribution in [3.8, 4) is 6.07 Å². The zero-order chi connectivity index (χ0) is 11.2. The minimum absolute atomic E-state index is 0.443. The van der Waals surface area contributed by atoms with Crippen LogP contribution in [0.3, 0.4) is 0 Å². The summed E-state index contributed by atoms with van der Waals surface area (Å²) in [7, 11) is 0. The van der Waals surface area contributed by atoms with E-state index in [4.69, 9.17) is 10.00 Å². The molecule has 0 aromatic heterocycles. The molecule has 16 heavy (non-hydrogen) atoms. The first-order chi connectivity index (χ1) is 7.88. The second-order valence-corrected chi connectivity index (χ2v) is 4.17. The monoisotopic (exact) mass is 217 g/mol. The van der Waals surface area contributed by atoms with Crippen LogP contribution < -0.4 is 5.32 Å². The van der Waals surface area contributed by atoms with Gasteiger partial charge in [-0.1, -0.05) is 12.1 Å².